The molecule has 0 bridgehead atoms. The van der Waals surface area contributed by atoms with Gasteiger partial charge in [0.15, 0.2) is 0 Å². The number of rotatable bonds is 5. The van der Waals surface area contributed by atoms with Gasteiger partial charge in [0, 0.05) is 11.4 Å². The summed E-state index contributed by atoms with van der Waals surface area (Å²) in [5.41, 5.74) is 2.23. The molecule has 2 aromatic rings. The van der Waals surface area contributed by atoms with Crippen molar-refractivity contribution in [2.24, 2.45) is 5.92 Å². The van der Waals surface area contributed by atoms with Gasteiger partial charge in [-0.2, -0.15) is 0 Å². The number of hydrogen-bond acceptors (Lipinski definition) is 2. The van der Waals surface area contributed by atoms with E-state index in [1.54, 1.807) is 0 Å². The Balaban J connectivity index is 2.27. The standard InChI is InChI=1S/C16H22N2/c1-4-12(2)11-16(17-3)15-10-9-13-7-5-6-8-14(13)18-15/h5-10,12,16-17H,4,11H2,1-3H3. The minimum absolute atomic E-state index is 0.351. The molecule has 96 valence electrons. The van der Waals surface area contributed by atoms with Crippen LogP contribution in [0.4, 0.5) is 0 Å². The van der Waals surface area contributed by atoms with Crippen LogP contribution in [0.3, 0.4) is 0 Å². The van der Waals surface area contributed by atoms with Gasteiger partial charge in [0.1, 0.15) is 0 Å². The monoisotopic (exact) mass is 242 g/mol. The van der Waals surface area contributed by atoms with Gasteiger partial charge in [-0.05, 0) is 31.5 Å². The van der Waals surface area contributed by atoms with E-state index in [4.69, 9.17) is 4.98 Å². The van der Waals surface area contributed by atoms with Crippen molar-refractivity contribution in [3.8, 4) is 0 Å². The van der Waals surface area contributed by atoms with Crippen LogP contribution in [0.2, 0.25) is 0 Å². The van der Waals surface area contributed by atoms with E-state index in [0.717, 1.165) is 23.5 Å². The fourth-order valence-electron chi connectivity index (χ4n) is 2.23. The van der Waals surface area contributed by atoms with Gasteiger partial charge >= 0.3 is 0 Å². The van der Waals surface area contributed by atoms with Crippen molar-refractivity contribution in [1.82, 2.24) is 10.3 Å². The van der Waals surface area contributed by atoms with Crippen molar-refractivity contribution < 1.29 is 0 Å². The summed E-state index contributed by atoms with van der Waals surface area (Å²) in [6.07, 6.45) is 2.35. The minimum atomic E-state index is 0.351. The first-order valence-corrected chi connectivity index (χ1v) is 6.77. The maximum Gasteiger partial charge on any atom is 0.0706 e. The molecule has 0 fully saturated rings. The lowest BCUT2D eigenvalue weighted by molar-refractivity contribution is 0.416. The average molecular weight is 242 g/mol. The van der Waals surface area contributed by atoms with Crippen molar-refractivity contribution >= 4 is 10.9 Å². The van der Waals surface area contributed by atoms with Crippen LogP contribution in [0.5, 0.6) is 0 Å². The van der Waals surface area contributed by atoms with Crippen LogP contribution in [-0.2, 0) is 0 Å². The topological polar surface area (TPSA) is 24.9 Å². The molecule has 2 heteroatoms. The molecular formula is C16H22N2. The third kappa shape index (κ3) is 2.88. The second-order valence-corrected chi connectivity index (χ2v) is 5.02. The lowest BCUT2D eigenvalue weighted by Gasteiger charge is -2.19. The Labute approximate surface area is 109 Å². The second kappa shape index (κ2) is 5.96. The van der Waals surface area contributed by atoms with Gasteiger partial charge in [0.2, 0.25) is 0 Å². The Hall–Kier alpha value is -1.41. The van der Waals surface area contributed by atoms with Gasteiger partial charge in [0.25, 0.3) is 0 Å². The highest BCUT2D eigenvalue weighted by Gasteiger charge is 2.14. The van der Waals surface area contributed by atoms with Crippen molar-refractivity contribution in [2.75, 3.05) is 7.05 Å². The molecular weight excluding hydrogens is 220 g/mol. The molecule has 2 unspecified atom stereocenters. The SMILES string of the molecule is CCC(C)CC(NC)c1ccc2ccccc2n1. The third-order valence-corrected chi connectivity index (χ3v) is 3.66. The summed E-state index contributed by atoms with van der Waals surface area (Å²) in [5.74, 6) is 0.718. The van der Waals surface area contributed by atoms with Crippen molar-refractivity contribution in [3.05, 3.63) is 42.1 Å². The predicted octanol–water partition coefficient (Wildman–Crippen LogP) is 3.93. The van der Waals surface area contributed by atoms with Crippen LogP contribution in [0.1, 0.15) is 38.4 Å². The van der Waals surface area contributed by atoms with E-state index in [-0.39, 0.29) is 0 Å². The maximum atomic E-state index is 4.77. The first-order chi connectivity index (χ1) is 8.74. The number of nitrogens with zero attached hydrogens (tertiary/aromatic N) is 1. The van der Waals surface area contributed by atoms with Gasteiger partial charge < -0.3 is 5.32 Å². The Morgan fingerprint density at radius 1 is 1.17 bits per heavy atom. The molecule has 0 saturated heterocycles. The molecule has 1 aromatic heterocycles. The molecule has 1 N–H and O–H groups in total. The van der Waals surface area contributed by atoms with E-state index < -0.39 is 0 Å². The molecule has 0 saturated carbocycles. The van der Waals surface area contributed by atoms with Gasteiger partial charge in [-0.15, -0.1) is 0 Å². The fraction of sp³-hybridized carbons (Fsp3) is 0.438. The molecule has 0 radical (unpaired) electrons. The van der Waals surface area contributed by atoms with Crippen LogP contribution in [-0.4, -0.2) is 12.0 Å². The molecule has 0 aliphatic rings. The van der Waals surface area contributed by atoms with Crippen LogP contribution in [0.15, 0.2) is 36.4 Å². The van der Waals surface area contributed by atoms with Crippen LogP contribution in [0, 0.1) is 5.92 Å². The number of benzene rings is 1. The molecule has 0 spiro atoms. The molecule has 0 amide bonds. The van der Waals surface area contributed by atoms with E-state index in [2.05, 4.69) is 49.5 Å². The number of pyridine rings is 1. The molecule has 2 nitrogen and oxygen atoms in total. The van der Waals surface area contributed by atoms with Crippen molar-refractivity contribution in [1.29, 1.82) is 0 Å². The molecule has 2 atom stereocenters. The first-order valence-electron chi connectivity index (χ1n) is 6.77. The zero-order chi connectivity index (χ0) is 13.0. The quantitative estimate of drug-likeness (QED) is 0.859. The summed E-state index contributed by atoms with van der Waals surface area (Å²) in [5, 5.41) is 4.59. The summed E-state index contributed by atoms with van der Waals surface area (Å²) in [4.78, 5) is 4.77. The zero-order valence-corrected chi connectivity index (χ0v) is 11.5. The smallest absolute Gasteiger partial charge is 0.0706 e. The maximum absolute atomic E-state index is 4.77. The van der Waals surface area contributed by atoms with Crippen LogP contribution in [0.25, 0.3) is 10.9 Å². The summed E-state index contributed by atoms with van der Waals surface area (Å²) in [7, 11) is 2.02. The number of para-hydroxylation sites is 1. The molecule has 2 rings (SSSR count). The Bertz CT molecular complexity index is 507. The van der Waals surface area contributed by atoms with Crippen LogP contribution < -0.4 is 5.32 Å². The summed E-state index contributed by atoms with van der Waals surface area (Å²) in [6.45, 7) is 4.54. The molecule has 0 aliphatic heterocycles. The van der Waals surface area contributed by atoms with Gasteiger partial charge in [-0.3, -0.25) is 4.98 Å². The van der Waals surface area contributed by atoms with Crippen LogP contribution >= 0.6 is 0 Å². The number of aromatic nitrogens is 1. The van der Waals surface area contributed by atoms with E-state index in [1.807, 2.05) is 13.1 Å². The largest absolute Gasteiger partial charge is 0.312 e. The number of nitrogens with one attached hydrogen (secondary N) is 1. The molecule has 1 aromatic carbocycles. The van der Waals surface area contributed by atoms with E-state index in [9.17, 15) is 0 Å². The summed E-state index contributed by atoms with van der Waals surface area (Å²) < 4.78 is 0. The summed E-state index contributed by atoms with van der Waals surface area (Å²) in [6, 6.07) is 12.9. The van der Waals surface area contributed by atoms with E-state index in [0.29, 0.717) is 6.04 Å². The Kier molecular flexibility index (Phi) is 4.32. The van der Waals surface area contributed by atoms with Gasteiger partial charge in [-0.1, -0.05) is 44.5 Å². The van der Waals surface area contributed by atoms with Crippen molar-refractivity contribution in [3.63, 3.8) is 0 Å². The molecule has 0 aliphatic carbocycles. The Morgan fingerprint density at radius 3 is 2.67 bits per heavy atom. The second-order valence-electron chi connectivity index (χ2n) is 5.02. The third-order valence-electron chi connectivity index (χ3n) is 3.66. The highest BCUT2D eigenvalue weighted by atomic mass is 14.9. The average Bonchev–Trinajstić information content (AvgIpc) is 2.44. The fourth-order valence-corrected chi connectivity index (χ4v) is 2.23. The number of fused-ring (bicyclic) bond motifs is 1. The lowest BCUT2D eigenvalue weighted by Crippen LogP contribution is -2.20. The lowest BCUT2D eigenvalue weighted by atomic mass is 9.97. The first kappa shape index (κ1) is 13.0. The predicted molar refractivity (Wildman–Crippen MR) is 77.6 cm³/mol. The van der Waals surface area contributed by atoms with E-state index in [1.165, 1.54) is 11.8 Å². The molecule has 1 heterocycles. The summed E-state index contributed by atoms with van der Waals surface area (Å²) >= 11 is 0. The zero-order valence-electron chi connectivity index (χ0n) is 11.5. The van der Waals surface area contributed by atoms with Crippen molar-refractivity contribution in [2.45, 2.75) is 32.7 Å². The highest BCUT2D eigenvalue weighted by molar-refractivity contribution is 5.78. The Morgan fingerprint density at radius 2 is 1.94 bits per heavy atom. The van der Waals surface area contributed by atoms with Gasteiger partial charge in [-0.25, -0.2) is 0 Å². The van der Waals surface area contributed by atoms with Gasteiger partial charge in [0.05, 0.1) is 11.2 Å². The molecule has 18 heavy (non-hydrogen) atoms. The highest BCUT2D eigenvalue weighted by Crippen LogP contribution is 2.23. The number of hydrogen-bond donors (Lipinski definition) is 1. The minimum Gasteiger partial charge on any atom is -0.312 e. The normalized spacial score (nSPS) is 14.6. The van der Waals surface area contributed by atoms with E-state index >= 15 is 0 Å².